The minimum Gasteiger partial charge on any atom is -0.492 e. The van der Waals surface area contributed by atoms with Gasteiger partial charge in [-0.3, -0.25) is 9.63 Å². The second-order valence-electron chi connectivity index (χ2n) is 6.19. The van der Waals surface area contributed by atoms with Crippen LogP contribution in [-0.4, -0.2) is 33.4 Å². The van der Waals surface area contributed by atoms with E-state index in [1.165, 1.54) is 0 Å². The van der Waals surface area contributed by atoms with Gasteiger partial charge in [0.15, 0.2) is 0 Å². The van der Waals surface area contributed by atoms with Gasteiger partial charge in [0.2, 0.25) is 11.8 Å². The van der Waals surface area contributed by atoms with E-state index in [9.17, 15) is 19.8 Å². The second-order valence-corrected chi connectivity index (χ2v) is 6.19. The van der Waals surface area contributed by atoms with Gasteiger partial charge in [0, 0.05) is 18.1 Å². The average Bonchev–Trinajstić information content (AvgIpc) is 2.86. The molecule has 2 rings (SSSR count). The monoisotopic (exact) mass is 341 g/mol. The molecule has 2 N–H and O–H groups in total. The maximum atomic E-state index is 12.2. The third kappa shape index (κ3) is 4.56. The highest BCUT2D eigenvalue weighted by Crippen LogP contribution is 2.26. The summed E-state index contributed by atoms with van der Waals surface area (Å²) in [4.78, 5) is 28.7. The van der Waals surface area contributed by atoms with Crippen molar-refractivity contribution in [1.29, 1.82) is 0 Å². The molecule has 1 aliphatic rings. The van der Waals surface area contributed by atoms with Crippen LogP contribution in [0.4, 0.5) is 4.79 Å². The van der Waals surface area contributed by atoms with Crippen LogP contribution in [0.25, 0.3) is 0 Å². The van der Waals surface area contributed by atoms with E-state index < -0.39 is 24.2 Å². The molecule has 24 heavy (non-hydrogen) atoms. The van der Waals surface area contributed by atoms with E-state index in [2.05, 4.69) is 4.84 Å². The molecule has 1 aromatic rings. The molecule has 134 valence electrons. The van der Waals surface area contributed by atoms with Crippen LogP contribution in [-0.2, 0) is 14.3 Å². The van der Waals surface area contributed by atoms with Gasteiger partial charge in [0.1, 0.15) is 0 Å². The normalized spacial score (nSPS) is 16.6. The van der Waals surface area contributed by atoms with Crippen molar-refractivity contribution in [3.8, 4) is 11.8 Å². The van der Waals surface area contributed by atoms with Crippen molar-refractivity contribution in [3.63, 3.8) is 0 Å². The van der Waals surface area contributed by atoms with E-state index in [-0.39, 0.29) is 17.8 Å². The molecule has 8 nitrogen and oxygen atoms in total. The van der Waals surface area contributed by atoms with Crippen LogP contribution in [0, 0.1) is 11.8 Å². The van der Waals surface area contributed by atoms with Gasteiger partial charge >= 0.3 is 12.1 Å². The number of aromatic hydroxyl groups is 2. The van der Waals surface area contributed by atoms with Crippen molar-refractivity contribution in [1.82, 2.24) is 4.73 Å². The van der Waals surface area contributed by atoms with E-state index in [0.29, 0.717) is 4.73 Å². The lowest BCUT2D eigenvalue weighted by molar-refractivity contribution is -0.185. The first kappa shape index (κ1) is 18.0. The Labute approximate surface area is 139 Å². The molecule has 1 aliphatic carbocycles. The molecule has 0 spiro atoms. The highest BCUT2D eigenvalue weighted by molar-refractivity contribution is 5.72. The summed E-state index contributed by atoms with van der Waals surface area (Å²) >= 11 is 0. The van der Waals surface area contributed by atoms with Gasteiger partial charge in [-0.1, -0.05) is 33.1 Å². The highest BCUT2D eigenvalue weighted by atomic mass is 16.9. The van der Waals surface area contributed by atoms with Gasteiger partial charge in [-0.2, -0.15) is 0 Å². The molecule has 0 aliphatic heterocycles. The molecule has 0 radical (unpaired) electrons. The lowest BCUT2D eigenvalue weighted by Crippen LogP contribution is -2.34. The summed E-state index contributed by atoms with van der Waals surface area (Å²) in [5, 5.41) is 18.8. The Morgan fingerprint density at radius 1 is 1.08 bits per heavy atom. The fraction of sp³-hybridized carbons (Fsp3) is 0.625. The molecule has 1 atom stereocenters. The molecular weight excluding hydrogens is 318 g/mol. The number of nitrogens with zero attached hydrogens (tertiary/aromatic N) is 1. The summed E-state index contributed by atoms with van der Waals surface area (Å²) < 4.78 is 10.8. The largest absolute Gasteiger partial charge is 0.537 e. The van der Waals surface area contributed by atoms with Crippen molar-refractivity contribution in [2.75, 3.05) is 0 Å². The fourth-order valence-corrected chi connectivity index (χ4v) is 2.53. The molecule has 1 fully saturated rings. The van der Waals surface area contributed by atoms with Crippen LogP contribution < -0.4 is 4.84 Å². The summed E-state index contributed by atoms with van der Waals surface area (Å²) in [6.07, 6.45) is 2.34. The number of carbonyl (C=O) groups is 2. The molecule has 0 saturated heterocycles. The predicted octanol–water partition coefficient (Wildman–Crippen LogP) is 2.57. The van der Waals surface area contributed by atoms with Gasteiger partial charge in [0.25, 0.3) is 6.29 Å². The topological polar surface area (TPSA) is 107 Å². The molecule has 1 saturated carbocycles. The van der Waals surface area contributed by atoms with Crippen LogP contribution in [0.1, 0.15) is 46.0 Å². The van der Waals surface area contributed by atoms with Crippen molar-refractivity contribution in [2.45, 2.75) is 52.2 Å². The number of hydrogen-bond donors (Lipinski definition) is 2. The van der Waals surface area contributed by atoms with Gasteiger partial charge < -0.3 is 19.7 Å². The molecule has 0 bridgehead atoms. The van der Waals surface area contributed by atoms with Crippen molar-refractivity contribution < 1.29 is 34.1 Å². The maximum Gasteiger partial charge on any atom is 0.537 e. The van der Waals surface area contributed by atoms with E-state index in [1.807, 2.05) is 0 Å². The average molecular weight is 341 g/mol. The maximum absolute atomic E-state index is 12.2. The number of esters is 1. The first-order valence-corrected chi connectivity index (χ1v) is 8.07. The summed E-state index contributed by atoms with van der Waals surface area (Å²) in [6, 6.07) is 2.29. The third-order valence-electron chi connectivity index (χ3n) is 3.89. The third-order valence-corrected chi connectivity index (χ3v) is 3.89. The Kier molecular flexibility index (Phi) is 5.94. The second kappa shape index (κ2) is 7.94. The van der Waals surface area contributed by atoms with Crippen molar-refractivity contribution in [3.05, 3.63) is 12.1 Å². The quantitative estimate of drug-likeness (QED) is 0.626. The Hall–Kier alpha value is -2.38. The Balaban J connectivity index is 1.92. The smallest absolute Gasteiger partial charge is 0.492 e. The first-order chi connectivity index (χ1) is 11.4. The summed E-state index contributed by atoms with van der Waals surface area (Å²) in [6.45, 7) is 3.47. The van der Waals surface area contributed by atoms with Crippen LogP contribution in [0.2, 0.25) is 0 Å². The number of hydrogen-bond acceptors (Lipinski definition) is 7. The van der Waals surface area contributed by atoms with Gasteiger partial charge in [-0.05, 0) is 12.8 Å². The Bertz CT molecular complexity index is 555. The van der Waals surface area contributed by atoms with Crippen LogP contribution >= 0.6 is 0 Å². The minimum atomic E-state index is -1.20. The van der Waals surface area contributed by atoms with Gasteiger partial charge in [-0.15, -0.1) is 4.73 Å². The number of rotatable bonds is 5. The molecule has 8 heteroatoms. The Morgan fingerprint density at radius 3 is 2.21 bits per heavy atom. The van der Waals surface area contributed by atoms with E-state index in [0.717, 1.165) is 44.2 Å². The Morgan fingerprint density at radius 2 is 1.67 bits per heavy atom. The number of aromatic nitrogens is 1. The van der Waals surface area contributed by atoms with Crippen LogP contribution in [0.3, 0.4) is 0 Å². The van der Waals surface area contributed by atoms with Crippen molar-refractivity contribution in [2.24, 2.45) is 11.8 Å². The molecule has 0 aromatic carbocycles. The van der Waals surface area contributed by atoms with E-state index in [4.69, 9.17) is 9.47 Å². The molecule has 1 heterocycles. The molecule has 0 amide bonds. The van der Waals surface area contributed by atoms with Crippen molar-refractivity contribution >= 4 is 12.1 Å². The number of carbonyl (C=O) groups excluding carboxylic acids is 2. The highest BCUT2D eigenvalue weighted by Gasteiger charge is 2.29. The predicted molar refractivity (Wildman–Crippen MR) is 82.1 cm³/mol. The summed E-state index contributed by atoms with van der Waals surface area (Å²) in [5.74, 6) is -1.77. The zero-order chi connectivity index (χ0) is 17.7. The molecular formula is C16H23NO7. The summed E-state index contributed by atoms with van der Waals surface area (Å²) in [5.41, 5.74) is 0. The SMILES string of the molecule is CC(C)C(OC(=O)On1c(O)ccc1O)OC(=O)C1CCCCC1. The van der Waals surface area contributed by atoms with Crippen LogP contribution in [0.5, 0.6) is 11.8 Å². The van der Waals surface area contributed by atoms with Gasteiger partial charge in [0.05, 0.1) is 5.92 Å². The van der Waals surface area contributed by atoms with Crippen LogP contribution in [0.15, 0.2) is 12.1 Å². The van der Waals surface area contributed by atoms with E-state index >= 15 is 0 Å². The molecule has 1 unspecified atom stereocenters. The lowest BCUT2D eigenvalue weighted by Gasteiger charge is -2.25. The first-order valence-electron chi connectivity index (χ1n) is 8.07. The number of ether oxygens (including phenoxy) is 2. The summed E-state index contributed by atoms with van der Waals surface area (Å²) in [7, 11) is 0. The lowest BCUT2D eigenvalue weighted by atomic mass is 9.89. The zero-order valence-corrected chi connectivity index (χ0v) is 13.8. The zero-order valence-electron chi connectivity index (χ0n) is 13.8. The molecule has 1 aromatic heterocycles. The standard InChI is InChI=1S/C16H23NO7/c1-10(2)15(22-14(20)11-6-4-3-5-7-11)23-16(21)24-17-12(18)8-9-13(17)19/h8-11,15,18-19H,3-7H2,1-2H3. The van der Waals surface area contributed by atoms with E-state index in [1.54, 1.807) is 13.8 Å². The minimum absolute atomic E-state index is 0.169. The van der Waals surface area contributed by atoms with Gasteiger partial charge in [-0.25, -0.2) is 4.79 Å². The fourth-order valence-electron chi connectivity index (χ4n) is 2.53.